The highest BCUT2D eigenvalue weighted by atomic mass is 16.5. The van der Waals surface area contributed by atoms with Gasteiger partial charge in [-0.3, -0.25) is 4.79 Å². The van der Waals surface area contributed by atoms with Gasteiger partial charge >= 0.3 is 5.97 Å². The molecule has 0 heterocycles. The summed E-state index contributed by atoms with van der Waals surface area (Å²) in [6, 6.07) is 5.69. The molecule has 1 aromatic rings. The maximum absolute atomic E-state index is 12.0. The van der Waals surface area contributed by atoms with Crippen LogP contribution < -0.4 is 4.74 Å². The molecule has 4 heteroatoms. The van der Waals surface area contributed by atoms with Gasteiger partial charge in [0.2, 0.25) is 0 Å². The van der Waals surface area contributed by atoms with Crippen molar-refractivity contribution in [3.8, 4) is 5.75 Å². The van der Waals surface area contributed by atoms with Gasteiger partial charge in [0.05, 0.1) is 19.6 Å². The summed E-state index contributed by atoms with van der Waals surface area (Å²) in [5.41, 5.74) is 0.702. The second-order valence-electron chi connectivity index (χ2n) is 5.27. The van der Waals surface area contributed by atoms with Crippen molar-refractivity contribution >= 4 is 5.97 Å². The van der Waals surface area contributed by atoms with Gasteiger partial charge in [0.15, 0.2) is 0 Å². The van der Waals surface area contributed by atoms with Gasteiger partial charge in [0.25, 0.3) is 0 Å². The molecule has 4 nitrogen and oxygen atoms in total. The minimum Gasteiger partial charge on any atom is -0.497 e. The Morgan fingerprint density at radius 3 is 2.90 bits per heavy atom. The molecule has 0 aromatic heterocycles. The lowest BCUT2D eigenvalue weighted by Gasteiger charge is -2.38. The second-order valence-corrected chi connectivity index (χ2v) is 5.27. The lowest BCUT2D eigenvalue weighted by atomic mass is 9.72. The van der Waals surface area contributed by atoms with Crippen molar-refractivity contribution in [3.05, 3.63) is 29.3 Å². The summed E-state index contributed by atoms with van der Waals surface area (Å²) in [4.78, 5) is 12.0. The molecule has 2 atom stereocenters. The molecule has 0 aliphatic heterocycles. The Bertz CT molecular complexity index is 497. The van der Waals surface area contributed by atoms with E-state index in [2.05, 4.69) is 0 Å². The number of aryl methyl sites for hydroxylation is 1. The average molecular weight is 278 g/mol. The first-order valence-electron chi connectivity index (χ1n) is 7.09. The number of methoxy groups -OCH3 is 1. The topological polar surface area (TPSA) is 55.8 Å². The van der Waals surface area contributed by atoms with Crippen LogP contribution in [0.25, 0.3) is 0 Å². The Hall–Kier alpha value is -1.55. The summed E-state index contributed by atoms with van der Waals surface area (Å²) in [7, 11) is 1.60. The molecule has 0 spiro atoms. The van der Waals surface area contributed by atoms with E-state index < -0.39 is 11.5 Å². The van der Waals surface area contributed by atoms with Crippen molar-refractivity contribution in [2.75, 3.05) is 13.7 Å². The molecule has 2 unspecified atom stereocenters. The monoisotopic (exact) mass is 278 g/mol. The fourth-order valence-corrected chi connectivity index (χ4v) is 2.90. The second kappa shape index (κ2) is 5.83. The molecule has 1 aromatic carbocycles. The van der Waals surface area contributed by atoms with Gasteiger partial charge in [0, 0.05) is 0 Å². The molecule has 0 radical (unpaired) electrons. The number of rotatable bonds is 4. The summed E-state index contributed by atoms with van der Waals surface area (Å²) < 4.78 is 10.3. The Balaban J connectivity index is 2.41. The summed E-state index contributed by atoms with van der Waals surface area (Å²) in [5, 5.41) is 11.1. The van der Waals surface area contributed by atoms with Gasteiger partial charge in [-0.05, 0) is 56.4 Å². The van der Waals surface area contributed by atoms with E-state index in [1.165, 1.54) is 0 Å². The molecule has 0 saturated heterocycles. The van der Waals surface area contributed by atoms with E-state index in [-0.39, 0.29) is 5.97 Å². The summed E-state index contributed by atoms with van der Waals surface area (Å²) >= 11 is 0. The van der Waals surface area contributed by atoms with Gasteiger partial charge in [-0.15, -0.1) is 0 Å². The molecule has 20 heavy (non-hydrogen) atoms. The van der Waals surface area contributed by atoms with Gasteiger partial charge in [-0.2, -0.15) is 0 Å². The first kappa shape index (κ1) is 14.9. The Morgan fingerprint density at radius 1 is 1.50 bits per heavy atom. The zero-order chi connectivity index (χ0) is 14.8. The van der Waals surface area contributed by atoms with Crippen molar-refractivity contribution in [1.82, 2.24) is 0 Å². The minimum absolute atomic E-state index is 0.324. The quantitative estimate of drug-likeness (QED) is 0.859. The third-order valence-electron chi connectivity index (χ3n) is 4.14. The third kappa shape index (κ3) is 2.52. The Morgan fingerprint density at radius 2 is 2.25 bits per heavy atom. The Labute approximate surface area is 119 Å². The van der Waals surface area contributed by atoms with Crippen LogP contribution in [0, 0.1) is 5.92 Å². The van der Waals surface area contributed by atoms with Crippen molar-refractivity contribution in [2.24, 2.45) is 5.92 Å². The van der Waals surface area contributed by atoms with Gasteiger partial charge < -0.3 is 14.6 Å². The highest BCUT2D eigenvalue weighted by Gasteiger charge is 2.43. The van der Waals surface area contributed by atoms with Crippen LogP contribution >= 0.6 is 0 Å². The molecule has 0 bridgehead atoms. The molecular weight excluding hydrogens is 256 g/mol. The predicted octanol–water partition coefficient (Wildman–Crippen LogP) is 2.42. The molecule has 1 aliphatic carbocycles. The molecule has 1 N–H and O–H groups in total. The zero-order valence-electron chi connectivity index (χ0n) is 12.3. The van der Waals surface area contributed by atoms with Crippen LogP contribution in [0.15, 0.2) is 18.2 Å². The SMILES string of the molecule is CCOC(=O)C(C)C1(O)CCCc2ccc(OC)cc21. The van der Waals surface area contributed by atoms with E-state index in [1.807, 2.05) is 18.2 Å². The van der Waals surface area contributed by atoms with Crippen molar-refractivity contribution in [1.29, 1.82) is 0 Å². The van der Waals surface area contributed by atoms with Crippen LogP contribution in [0.2, 0.25) is 0 Å². The number of fused-ring (bicyclic) bond motifs is 1. The summed E-state index contributed by atoms with van der Waals surface area (Å²) in [5.74, 6) is -0.251. The minimum atomic E-state index is -1.17. The normalized spacial score (nSPS) is 22.8. The lowest BCUT2D eigenvalue weighted by Crippen LogP contribution is -2.41. The van der Waals surface area contributed by atoms with Crippen molar-refractivity contribution in [3.63, 3.8) is 0 Å². The van der Waals surface area contributed by atoms with Crippen LogP contribution in [0.5, 0.6) is 5.75 Å². The number of benzene rings is 1. The third-order valence-corrected chi connectivity index (χ3v) is 4.14. The molecule has 0 amide bonds. The Kier molecular flexibility index (Phi) is 4.33. The predicted molar refractivity (Wildman–Crippen MR) is 75.6 cm³/mol. The number of hydrogen-bond donors (Lipinski definition) is 1. The van der Waals surface area contributed by atoms with Crippen molar-refractivity contribution in [2.45, 2.75) is 38.7 Å². The molecule has 110 valence electrons. The number of carbonyl (C=O) groups excluding carboxylic acids is 1. The standard InChI is InChI=1S/C16H22O4/c1-4-20-15(17)11(2)16(18)9-5-6-12-7-8-13(19-3)10-14(12)16/h7-8,10-11,18H,4-6,9H2,1-3H3. The lowest BCUT2D eigenvalue weighted by molar-refractivity contribution is -0.159. The van der Waals surface area contributed by atoms with E-state index >= 15 is 0 Å². The van der Waals surface area contributed by atoms with Gasteiger partial charge in [-0.1, -0.05) is 6.07 Å². The van der Waals surface area contributed by atoms with Crippen LogP contribution in [0.4, 0.5) is 0 Å². The molecule has 0 saturated carbocycles. The van der Waals surface area contributed by atoms with E-state index in [1.54, 1.807) is 21.0 Å². The van der Waals surface area contributed by atoms with Crippen LogP contribution in [0.1, 0.15) is 37.8 Å². The van der Waals surface area contributed by atoms with E-state index in [0.29, 0.717) is 18.8 Å². The number of aliphatic hydroxyl groups is 1. The van der Waals surface area contributed by atoms with Crippen LogP contribution in [-0.2, 0) is 21.6 Å². The molecule has 1 aliphatic rings. The first-order valence-corrected chi connectivity index (χ1v) is 7.09. The van der Waals surface area contributed by atoms with E-state index in [0.717, 1.165) is 24.0 Å². The van der Waals surface area contributed by atoms with Crippen LogP contribution in [0.3, 0.4) is 0 Å². The molecule has 0 fully saturated rings. The summed E-state index contributed by atoms with van der Waals surface area (Å²) in [6.45, 7) is 3.82. The van der Waals surface area contributed by atoms with Crippen molar-refractivity contribution < 1.29 is 19.4 Å². The average Bonchev–Trinajstić information content (AvgIpc) is 2.46. The fraction of sp³-hybridized carbons (Fsp3) is 0.562. The maximum Gasteiger partial charge on any atom is 0.311 e. The fourth-order valence-electron chi connectivity index (χ4n) is 2.90. The largest absolute Gasteiger partial charge is 0.497 e. The molecule has 2 rings (SSSR count). The van der Waals surface area contributed by atoms with Gasteiger partial charge in [0.1, 0.15) is 11.4 Å². The highest BCUT2D eigenvalue weighted by molar-refractivity contribution is 5.74. The zero-order valence-corrected chi connectivity index (χ0v) is 12.3. The van der Waals surface area contributed by atoms with E-state index in [9.17, 15) is 9.90 Å². The van der Waals surface area contributed by atoms with Gasteiger partial charge in [-0.25, -0.2) is 0 Å². The highest BCUT2D eigenvalue weighted by Crippen LogP contribution is 2.42. The first-order chi connectivity index (χ1) is 9.52. The number of ether oxygens (including phenoxy) is 2. The number of esters is 1. The van der Waals surface area contributed by atoms with E-state index in [4.69, 9.17) is 9.47 Å². The summed E-state index contributed by atoms with van der Waals surface area (Å²) in [6.07, 6.45) is 2.34. The maximum atomic E-state index is 12.0. The number of carbonyl (C=O) groups is 1. The smallest absolute Gasteiger partial charge is 0.311 e. The molecular formula is C16H22O4. The van der Waals surface area contributed by atoms with Crippen LogP contribution in [-0.4, -0.2) is 24.8 Å². The number of hydrogen-bond acceptors (Lipinski definition) is 4.